The molecule has 0 saturated carbocycles. The first kappa shape index (κ1) is 22.9. The molecule has 2 N–H and O–H groups in total. The Kier molecular flexibility index (Phi) is 7.73. The monoisotopic (exact) mass is 422 g/mol. The van der Waals surface area contributed by atoms with Gasteiger partial charge < -0.3 is 20.1 Å². The van der Waals surface area contributed by atoms with Crippen LogP contribution in [0.3, 0.4) is 0 Å². The second-order valence-corrected chi connectivity index (χ2v) is 7.20. The number of carbonyl (C=O) groups excluding carboxylic acids is 1. The van der Waals surface area contributed by atoms with Crippen molar-refractivity contribution in [3.8, 4) is 0 Å². The highest BCUT2D eigenvalue weighted by molar-refractivity contribution is 5.85. The van der Waals surface area contributed by atoms with Gasteiger partial charge in [0.05, 0.1) is 18.3 Å². The van der Waals surface area contributed by atoms with Crippen molar-refractivity contribution in [2.24, 2.45) is 0 Å². The Morgan fingerprint density at radius 3 is 2.64 bits per heavy atom. The number of alkyl halides is 3. The summed E-state index contributed by atoms with van der Waals surface area (Å²) in [6.07, 6.45) is -3.54. The van der Waals surface area contributed by atoms with E-state index in [0.717, 1.165) is 6.07 Å². The van der Waals surface area contributed by atoms with Gasteiger partial charge in [-0.3, -0.25) is 4.79 Å². The molecular formula is C19H26ClF3N2O3. The van der Waals surface area contributed by atoms with E-state index in [1.807, 2.05) is 6.92 Å². The summed E-state index contributed by atoms with van der Waals surface area (Å²) in [5.41, 5.74) is -0.663. The molecule has 1 aromatic rings. The quantitative estimate of drug-likeness (QED) is 0.783. The normalized spacial score (nSPS) is 24.9. The van der Waals surface area contributed by atoms with E-state index in [0.29, 0.717) is 44.8 Å². The Balaban J connectivity index is 0.00000280. The minimum Gasteiger partial charge on any atom is -0.381 e. The van der Waals surface area contributed by atoms with Crippen molar-refractivity contribution >= 4 is 18.3 Å². The van der Waals surface area contributed by atoms with Gasteiger partial charge in [0.2, 0.25) is 5.91 Å². The molecule has 0 radical (unpaired) electrons. The minimum atomic E-state index is -4.40. The second-order valence-electron chi connectivity index (χ2n) is 7.20. The van der Waals surface area contributed by atoms with Gasteiger partial charge in [0.1, 0.15) is 6.04 Å². The topological polar surface area (TPSA) is 59.6 Å². The molecule has 0 unspecified atom stereocenters. The number of hydrogen-bond acceptors (Lipinski definition) is 4. The third kappa shape index (κ3) is 5.17. The van der Waals surface area contributed by atoms with Crippen molar-refractivity contribution in [3.05, 3.63) is 35.4 Å². The van der Waals surface area contributed by atoms with Crippen LogP contribution < -0.4 is 10.6 Å². The van der Waals surface area contributed by atoms with E-state index in [1.54, 1.807) is 6.07 Å². The van der Waals surface area contributed by atoms with Crippen LogP contribution in [0.2, 0.25) is 0 Å². The molecule has 0 aliphatic carbocycles. The number of hydrogen-bond donors (Lipinski definition) is 2. The van der Waals surface area contributed by atoms with Gasteiger partial charge in [0.15, 0.2) is 0 Å². The Labute approximate surface area is 168 Å². The summed E-state index contributed by atoms with van der Waals surface area (Å²) >= 11 is 0. The number of benzene rings is 1. The number of nitrogens with one attached hydrogen (secondary N) is 2. The van der Waals surface area contributed by atoms with Gasteiger partial charge in [-0.05, 0) is 31.4 Å². The lowest BCUT2D eigenvalue weighted by Gasteiger charge is -2.39. The number of morpholine rings is 1. The minimum absolute atomic E-state index is 0. The van der Waals surface area contributed by atoms with Crippen LogP contribution >= 0.6 is 12.4 Å². The van der Waals surface area contributed by atoms with Crippen molar-refractivity contribution in [2.45, 2.75) is 43.5 Å². The molecule has 28 heavy (non-hydrogen) atoms. The summed E-state index contributed by atoms with van der Waals surface area (Å²) in [6, 6.07) is 4.94. The molecule has 5 nitrogen and oxygen atoms in total. The number of amides is 1. The van der Waals surface area contributed by atoms with Crippen LogP contribution in [0.5, 0.6) is 0 Å². The van der Waals surface area contributed by atoms with E-state index in [1.165, 1.54) is 12.1 Å². The summed E-state index contributed by atoms with van der Waals surface area (Å²) < 4.78 is 50.3. The van der Waals surface area contributed by atoms with Gasteiger partial charge in [0.25, 0.3) is 0 Å². The Bertz CT molecular complexity index is 666. The lowest BCUT2D eigenvalue weighted by Crippen LogP contribution is -2.57. The van der Waals surface area contributed by atoms with Gasteiger partial charge in [-0.1, -0.05) is 18.2 Å². The maximum atomic E-state index is 13.1. The van der Waals surface area contributed by atoms with Crippen LogP contribution in [-0.2, 0) is 25.9 Å². The Morgan fingerprint density at radius 2 is 2.00 bits per heavy atom. The molecule has 0 spiro atoms. The SMILES string of the molecule is C[C@H]1OCCN[C@@H]1C(=O)NCC1(c2cccc(C(F)(F)F)c2)CCOCC1.Cl. The Morgan fingerprint density at radius 1 is 1.29 bits per heavy atom. The maximum absolute atomic E-state index is 13.1. The molecule has 2 fully saturated rings. The zero-order valence-electron chi connectivity index (χ0n) is 15.7. The van der Waals surface area contributed by atoms with E-state index in [4.69, 9.17) is 9.47 Å². The molecule has 2 heterocycles. The van der Waals surface area contributed by atoms with Crippen molar-refractivity contribution in [1.82, 2.24) is 10.6 Å². The first-order valence-electron chi connectivity index (χ1n) is 9.20. The molecule has 9 heteroatoms. The average molecular weight is 423 g/mol. The van der Waals surface area contributed by atoms with Crippen molar-refractivity contribution in [2.75, 3.05) is 32.9 Å². The molecule has 2 atom stereocenters. The molecule has 2 aliphatic heterocycles. The molecule has 2 saturated heterocycles. The number of carbonyl (C=O) groups is 1. The molecular weight excluding hydrogens is 397 g/mol. The van der Waals surface area contributed by atoms with E-state index >= 15 is 0 Å². The van der Waals surface area contributed by atoms with Crippen molar-refractivity contribution in [1.29, 1.82) is 0 Å². The van der Waals surface area contributed by atoms with Gasteiger partial charge in [0, 0.05) is 31.7 Å². The van der Waals surface area contributed by atoms with Crippen LogP contribution in [0.15, 0.2) is 24.3 Å². The van der Waals surface area contributed by atoms with E-state index in [2.05, 4.69) is 10.6 Å². The highest BCUT2D eigenvalue weighted by atomic mass is 35.5. The smallest absolute Gasteiger partial charge is 0.381 e. The first-order chi connectivity index (χ1) is 12.8. The van der Waals surface area contributed by atoms with Gasteiger partial charge in [-0.15, -0.1) is 12.4 Å². The molecule has 0 aromatic heterocycles. The van der Waals surface area contributed by atoms with E-state index < -0.39 is 23.2 Å². The van der Waals surface area contributed by atoms with Crippen LogP contribution in [0.25, 0.3) is 0 Å². The molecule has 1 aromatic carbocycles. The first-order valence-corrected chi connectivity index (χ1v) is 9.20. The summed E-state index contributed by atoms with van der Waals surface area (Å²) in [7, 11) is 0. The number of rotatable bonds is 4. The lowest BCUT2D eigenvalue weighted by molar-refractivity contribution is -0.137. The lowest BCUT2D eigenvalue weighted by atomic mass is 9.73. The van der Waals surface area contributed by atoms with Crippen LogP contribution in [-0.4, -0.2) is 51.0 Å². The second kappa shape index (κ2) is 9.43. The molecule has 1 amide bonds. The molecule has 2 aliphatic rings. The van der Waals surface area contributed by atoms with Crippen LogP contribution in [0.1, 0.15) is 30.9 Å². The van der Waals surface area contributed by atoms with E-state index in [-0.39, 0.29) is 31.0 Å². The van der Waals surface area contributed by atoms with Crippen molar-refractivity contribution < 1.29 is 27.4 Å². The standard InChI is InChI=1S/C19H25F3N2O3.ClH/c1-13-16(23-7-10-27-13)17(25)24-12-18(5-8-26-9-6-18)14-3-2-4-15(11-14)19(20,21)22;/h2-4,11,13,16,23H,5-10,12H2,1H3,(H,24,25);1H/t13-,16+;/m1./s1. The highest BCUT2D eigenvalue weighted by Gasteiger charge is 2.38. The molecule has 3 rings (SSSR count). The largest absolute Gasteiger partial charge is 0.416 e. The van der Waals surface area contributed by atoms with Crippen molar-refractivity contribution in [3.63, 3.8) is 0 Å². The summed E-state index contributed by atoms with van der Waals surface area (Å²) in [6.45, 7) is 4.14. The summed E-state index contributed by atoms with van der Waals surface area (Å²) in [5.74, 6) is -0.194. The Hall–Kier alpha value is -1.35. The average Bonchev–Trinajstić information content (AvgIpc) is 2.67. The number of ether oxygens (including phenoxy) is 2. The van der Waals surface area contributed by atoms with Gasteiger partial charge >= 0.3 is 6.18 Å². The van der Waals surface area contributed by atoms with Gasteiger partial charge in [-0.2, -0.15) is 13.2 Å². The number of halogens is 4. The fraction of sp³-hybridized carbons (Fsp3) is 0.632. The third-order valence-corrected chi connectivity index (χ3v) is 5.45. The zero-order chi connectivity index (χ0) is 19.5. The molecule has 158 valence electrons. The predicted octanol–water partition coefficient (Wildman–Crippen LogP) is 2.67. The molecule has 0 bridgehead atoms. The summed E-state index contributed by atoms with van der Waals surface area (Å²) in [4.78, 5) is 12.6. The fourth-order valence-corrected chi connectivity index (χ4v) is 3.75. The van der Waals surface area contributed by atoms with Gasteiger partial charge in [-0.25, -0.2) is 0 Å². The van der Waals surface area contributed by atoms with Crippen LogP contribution in [0, 0.1) is 0 Å². The fourth-order valence-electron chi connectivity index (χ4n) is 3.75. The summed E-state index contributed by atoms with van der Waals surface area (Å²) in [5, 5.41) is 6.06. The maximum Gasteiger partial charge on any atom is 0.416 e. The third-order valence-electron chi connectivity index (χ3n) is 5.45. The zero-order valence-corrected chi connectivity index (χ0v) is 16.5. The van der Waals surface area contributed by atoms with Crippen LogP contribution in [0.4, 0.5) is 13.2 Å². The van der Waals surface area contributed by atoms with E-state index in [9.17, 15) is 18.0 Å². The highest BCUT2D eigenvalue weighted by Crippen LogP contribution is 2.37. The predicted molar refractivity (Wildman–Crippen MR) is 101 cm³/mol.